The Bertz CT molecular complexity index is 365. The Morgan fingerprint density at radius 2 is 2.43 bits per heavy atom. The summed E-state index contributed by atoms with van der Waals surface area (Å²) in [6.07, 6.45) is 3.07. The van der Waals surface area contributed by atoms with E-state index in [-0.39, 0.29) is 0 Å². The number of hydrogen-bond acceptors (Lipinski definition) is 3. The highest BCUT2D eigenvalue weighted by Gasteiger charge is 2.06. The predicted octanol–water partition coefficient (Wildman–Crippen LogP) is 1.50. The van der Waals surface area contributed by atoms with Gasteiger partial charge in [0.15, 0.2) is 0 Å². The molecule has 0 spiro atoms. The Morgan fingerprint density at radius 1 is 1.71 bits per heavy atom. The quantitative estimate of drug-likeness (QED) is 0.857. The van der Waals surface area contributed by atoms with Gasteiger partial charge in [-0.3, -0.25) is 9.78 Å². The van der Waals surface area contributed by atoms with Gasteiger partial charge in [0, 0.05) is 17.2 Å². The van der Waals surface area contributed by atoms with E-state index >= 15 is 0 Å². The fraction of sp³-hybridized carbons (Fsp3) is 0.111. The molecule has 5 heteroatoms. The highest BCUT2D eigenvalue weighted by atomic mass is 79.9. The lowest BCUT2D eigenvalue weighted by molar-refractivity contribution is 0.100. The predicted molar refractivity (Wildman–Crippen MR) is 59.3 cm³/mol. The summed E-state index contributed by atoms with van der Waals surface area (Å²) < 4.78 is 0.789. The Kier molecular flexibility index (Phi) is 3.64. The van der Waals surface area contributed by atoms with Crippen molar-refractivity contribution in [1.29, 1.82) is 0 Å². The molecule has 14 heavy (non-hydrogen) atoms. The maximum absolute atomic E-state index is 11.0. The van der Waals surface area contributed by atoms with E-state index in [1.165, 1.54) is 6.20 Å². The second kappa shape index (κ2) is 4.76. The van der Waals surface area contributed by atoms with Gasteiger partial charge < -0.3 is 11.1 Å². The van der Waals surface area contributed by atoms with Crippen molar-refractivity contribution < 1.29 is 4.79 Å². The number of carbonyl (C=O) groups is 1. The number of nitrogens with one attached hydrogen (secondary N) is 1. The molecule has 0 saturated carbocycles. The van der Waals surface area contributed by atoms with Gasteiger partial charge in [0.25, 0.3) is 5.91 Å². The van der Waals surface area contributed by atoms with Crippen LogP contribution < -0.4 is 11.1 Å². The van der Waals surface area contributed by atoms with Gasteiger partial charge in [-0.1, -0.05) is 22.5 Å². The molecule has 1 amide bonds. The molecule has 1 rings (SSSR count). The number of nitrogens with two attached hydrogens (primary N) is 1. The molecular formula is C9H10BrN3O. The first-order chi connectivity index (χ1) is 6.61. The van der Waals surface area contributed by atoms with E-state index in [0.717, 1.165) is 4.48 Å². The molecule has 1 heterocycles. The first-order valence-corrected chi connectivity index (χ1v) is 4.71. The molecule has 0 saturated heterocycles. The monoisotopic (exact) mass is 255 g/mol. The molecule has 0 aliphatic carbocycles. The van der Waals surface area contributed by atoms with Crippen molar-refractivity contribution in [2.45, 2.75) is 0 Å². The van der Waals surface area contributed by atoms with Crippen molar-refractivity contribution in [1.82, 2.24) is 4.98 Å². The molecule has 0 radical (unpaired) electrons. The number of carbonyl (C=O) groups excluding carboxylic acids is 1. The number of nitrogens with zero attached hydrogens (tertiary/aromatic N) is 1. The maximum atomic E-state index is 11.0. The Hall–Kier alpha value is -1.36. The third kappa shape index (κ3) is 2.85. The zero-order valence-corrected chi connectivity index (χ0v) is 9.04. The number of anilines is 1. The molecule has 74 valence electrons. The minimum Gasteiger partial charge on any atom is -0.379 e. The summed E-state index contributed by atoms with van der Waals surface area (Å²) in [5, 5.41) is 2.98. The Labute approximate surface area is 90.3 Å². The van der Waals surface area contributed by atoms with Gasteiger partial charge in [-0.15, -0.1) is 0 Å². The number of aromatic nitrogens is 1. The van der Waals surface area contributed by atoms with Crippen LogP contribution in [0.25, 0.3) is 0 Å². The van der Waals surface area contributed by atoms with E-state index in [4.69, 9.17) is 5.73 Å². The van der Waals surface area contributed by atoms with Gasteiger partial charge in [0.1, 0.15) is 0 Å². The topological polar surface area (TPSA) is 68.0 Å². The molecule has 1 aromatic rings. The summed E-state index contributed by atoms with van der Waals surface area (Å²) in [6, 6.07) is 1.57. The van der Waals surface area contributed by atoms with Gasteiger partial charge in [-0.2, -0.15) is 0 Å². The van der Waals surface area contributed by atoms with Gasteiger partial charge in [-0.05, 0) is 6.07 Å². The lowest BCUT2D eigenvalue weighted by Crippen LogP contribution is -2.15. The van der Waals surface area contributed by atoms with Gasteiger partial charge >= 0.3 is 0 Å². The molecule has 3 N–H and O–H groups in total. The number of pyridine rings is 1. The van der Waals surface area contributed by atoms with Gasteiger partial charge in [0.05, 0.1) is 17.4 Å². The van der Waals surface area contributed by atoms with Crippen molar-refractivity contribution in [2.24, 2.45) is 5.73 Å². The van der Waals surface area contributed by atoms with E-state index in [2.05, 4.69) is 32.8 Å². The summed E-state index contributed by atoms with van der Waals surface area (Å²) in [4.78, 5) is 14.9. The third-order valence-corrected chi connectivity index (χ3v) is 1.84. The van der Waals surface area contributed by atoms with Crippen LogP contribution >= 0.6 is 15.9 Å². The zero-order chi connectivity index (χ0) is 10.6. The molecular weight excluding hydrogens is 246 g/mol. The highest BCUT2D eigenvalue weighted by Crippen LogP contribution is 2.13. The Morgan fingerprint density at radius 3 is 3.00 bits per heavy atom. The number of rotatable bonds is 4. The molecule has 0 fully saturated rings. The standard InChI is InChI=1S/C9H10BrN3O/c1-6(10)4-13-8-5-12-3-2-7(8)9(11)14/h2-3,5,13H,1,4H2,(H2,11,14). The van der Waals surface area contributed by atoms with E-state index < -0.39 is 5.91 Å². The molecule has 0 bridgehead atoms. The fourth-order valence-electron chi connectivity index (χ4n) is 0.941. The average Bonchev–Trinajstić information content (AvgIpc) is 2.15. The van der Waals surface area contributed by atoms with E-state index in [9.17, 15) is 4.79 Å². The van der Waals surface area contributed by atoms with Gasteiger partial charge in [0.2, 0.25) is 0 Å². The largest absolute Gasteiger partial charge is 0.379 e. The van der Waals surface area contributed by atoms with Crippen molar-refractivity contribution in [3.8, 4) is 0 Å². The number of halogens is 1. The normalized spacial score (nSPS) is 9.50. The average molecular weight is 256 g/mol. The second-order valence-corrected chi connectivity index (χ2v) is 3.78. The summed E-state index contributed by atoms with van der Waals surface area (Å²) >= 11 is 3.20. The van der Waals surface area contributed by atoms with Crippen LogP contribution in [0, 0.1) is 0 Å². The van der Waals surface area contributed by atoms with E-state index in [1.807, 2.05) is 0 Å². The summed E-state index contributed by atoms with van der Waals surface area (Å²) in [5.74, 6) is -0.477. The van der Waals surface area contributed by atoms with Crippen LogP contribution in [-0.2, 0) is 0 Å². The highest BCUT2D eigenvalue weighted by molar-refractivity contribution is 9.11. The molecule has 0 unspecified atom stereocenters. The molecule has 0 atom stereocenters. The summed E-state index contributed by atoms with van der Waals surface area (Å²) in [5.41, 5.74) is 6.22. The maximum Gasteiger partial charge on any atom is 0.250 e. The minimum atomic E-state index is -0.477. The minimum absolute atomic E-state index is 0.425. The smallest absolute Gasteiger partial charge is 0.250 e. The number of primary amides is 1. The molecule has 1 aromatic heterocycles. The lowest BCUT2D eigenvalue weighted by Gasteiger charge is -2.07. The number of amides is 1. The van der Waals surface area contributed by atoms with Crippen molar-refractivity contribution >= 4 is 27.5 Å². The SMILES string of the molecule is C=C(Br)CNc1cnccc1C(N)=O. The van der Waals surface area contributed by atoms with Crippen LogP contribution in [0.2, 0.25) is 0 Å². The zero-order valence-electron chi connectivity index (χ0n) is 7.46. The van der Waals surface area contributed by atoms with Crippen LogP contribution in [0.15, 0.2) is 29.5 Å². The Balaban J connectivity index is 2.84. The van der Waals surface area contributed by atoms with Crippen LogP contribution in [0.5, 0.6) is 0 Å². The molecule has 0 aromatic carbocycles. The van der Waals surface area contributed by atoms with Crippen molar-refractivity contribution in [2.75, 3.05) is 11.9 Å². The first kappa shape index (κ1) is 10.7. The fourth-order valence-corrected chi connectivity index (χ4v) is 1.08. The molecule has 0 aliphatic rings. The third-order valence-electron chi connectivity index (χ3n) is 1.56. The van der Waals surface area contributed by atoms with Crippen LogP contribution in [0.1, 0.15) is 10.4 Å². The van der Waals surface area contributed by atoms with Crippen LogP contribution in [-0.4, -0.2) is 17.4 Å². The van der Waals surface area contributed by atoms with E-state index in [0.29, 0.717) is 17.8 Å². The molecule has 0 aliphatic heterocycles. The van der Waals surface area contributed by atoms with E-state index in [1.54, 1.807) is 12.3 Å². The van der Waals surface area contributed by atoms with Gasteiger partial charge in [-0.25, -0.2) is 0 Å². The summed E-state index contributed by atoms with van der Waals surface area (Å²) in [6.45, 7) is 4.18. The van der Waals surface area contributed by atoms with Crippen LogP contribution in [0.3, 0.4) is 0 Å². The lowest BCUT2D eigenvalue weighted by atomic mass is 10.2. The van der Waals surface area contributed by atoms with Crippen molar-refractivity contribution in [3.05, 3.63) is 35.1 Å². The van der Waals surface area contributed by atoms with Crippen LogP contribution in [0.4, 0.5) is 5.69 Å². The molecule has 4 nitrogen and oxygen atoms in total. The van der Waals surface area contributed by atoms with Crippen molar-refractivity contribution in [3.63, 3.8) is 0 Å². The summed E-state index contributed by atoms with van der Waals surface area (Å²) in [7, 11) is 0. The number of hydrogen-bond donors (Lipinski definition) is 2. The first-order valence-electron chi connectivity index (χ1n) is 3.92. The second-order valence-electron chi connectivity index (χ2n) is 2.66.